The number of aromatic nitrogens is 4. The number of rotatable bonds is 3. The highest BCUT2D eigenvalue weighted by molar-refractivity contribution is 5.83. The highest BCUT2D eigenvalue weighted by Crippen LogP contribution is 2.28. The van der Waals surface area contributed by atoms with Crippen molar-refractivity contribution in [2.24, 2.45) is 0 Å². The minimum absolute atomic E-state index is 0.619. The molecule has 0 atom stereocenters. The molecule has 0 fully saturated rings. The summed E-state index contributed by atoms with van der Waals surface area (Å²) in [6.07, 6.45) is 0. The Balaban J connectivity index is 1.58. The van der Waals surface area contributed by atoms with Crippen LogP contribution >= 0.6 is 0 Å². The van der Waals surface area contributed by atoms with Gasteiger partial charge in [-0.05, 0) is 24.3 Å². The Hall–Kier alpha value is -4.31. The van der Waals surface area contributed by atoms with Gasteiger partial charge < -0.3 is 0 Å². The number of hydrogen-bond acceptors (Lipinski definition) is 3. The van der Waals surface area contributed by atoms with E-state index in [0.29, 0.717) is 5.82 Å². The first-order valence-electron chi connectivity index (χ1n) is 10.2. The molecule has 0 saturated carbocycles. The van der Waals surface area contributed by atoms with Crippen LogP contribution in [0.4, 0.5) is 0 Å². The summed E-state index contributed by atoms with van der Waals surface area (Å²) in [5, 5.41) is 6.02. The quantitative estimate of drug-likeness (QED) is 0.352. The maximum absolute atomic E-state index is 4.89. The lowest BCUT2D eigenvalue weighted by atomic mass is 10.1. The van der Waals surface area contributed by atoms with Gasteiger partial charge in [0.15, 0.2) is 5.82 Å². The number of fused-ring (bicyclic) bond motifs is 3. The molecule has 3 aromatic carbocycles. The van der Waals surface area contributed by atoms with Crippen LogP contribution in [0.3, 0.4) is 0 Å². The number of hydrogen-bond donors (Lipinski definition) is 0. The van der Waals surface area contributed by atoms with Crippen LogP contribution in [0, 0.1) is 0 Å². The normalized spacial score (nSPS) is 11.2. The predicted molar refractivity (Wildman–Crippen MR) is 125 cm³/mol. The lowest BCUT2D eigenvalue weighted by Crippen LogP contribution is -1.97. The fourth-order valence-corrected chi connectivity index (χ4v) is 3.89. The van der Waals surface area contributed by atoms with Crippen LogP contribution in [0.5, 0.6) is 0 Å². The van der Waals surface area contributed by atoms with E-state index in [1.807, 2.05) is 65.2 Å². The summed E-state index contributed by atoms with van der Waals surface area (Å²) in [5.74, 6) is 0.619. The van der Waals surface area contributed by atoms with Crippen LogP contribution < -0.4 is 0 Å². The van der Waals surface area contributed by atoms with Crippen LogP contribution in [0.1, 0.15) is 0 Å². The molecule has 4 heteroatoms. The molecule has 6 rings (SSSR count). The molecule has 0 saturated heterocycles. The maximum atomic E-state index is 4.89. The third kappa shape index (κ3) is 3.15. The van der Waals surface area contributed by atoms with Crippen LogP contribution in [-0.2, 0) is 0 Å². The molecule has 3 aromatic heterocycles. The van der Waals surface area contributed by atoms with Gasteiger partial charge in [0.1, 0.15) is 5.69 Å². The van der Waals surface area contributed by atoms with Crippen LogP contribution in [-0.4, -0.2) is 19.6 Å². The van der Waals surface area contributed by atoms with E-state index in [2.05, 4.69) is 48.5 Å². The molecule has 4 nitrogen and oxygen atoms in total. The van der Waals surface area contributed by atoms with Crippen molar-refractivity contribution in [1.29, 1.82) is 0 Å². The Morgan fingerprint density at radius 3 is 1.81 bits per heavy atom. The van der Waals surface area contributed by atoms with E-state index in [1.54, 1.807) is 0 Å². The molecular weight excluding hydrogens is 380 g/mol. The Kier molecular flexibility index (Phi) is 4.06. The van der Waals surface area contributed by atoms with E-state index in [9.17, 15) is 0 Å². The van der Waals surface area contributed by atoms with E-state index < -0.39 is 0 Å². The molecule has 0 N–H and O–H groups in total. The fraction of sp³-hybridized carbons (Fsp3) is 0. The zero-order chi connectivity index (χ0) is 20.6. The zero-order valence-corrected chi connectivity index (χ0v) is 16.7. The van der Waals surface area contributed by atoms with Crippen molar-refractivity contribution in [3.05, 3.63) is 109 Å². The van der Waals surface area contributed by atoms with E-state index in [1.165, 1.54) is 0 Å². The number of para-hydroxylation sites is 1. The fourth-order valence-electron chi connectivity index (χ4n) is 3.89. The van der Waals surface area contributed by atoms with Gasteiger partial charge in [0, 0.05) is 16.5 Å². The van der Waals surface area contributed by atoms with Crippen LogP contribution in [0.15, 0.2) is 109 Å². The molecule has 3 heterocycles. The third-order valence-corrected chi connectivity index (χ3v) is 5.43. The highest BCUT2D eigenvalue weighted by atomic mass is 15.2. The molecule has 0 bridgehead atoms. The smallest absolute Gasteiger partial charge is 0.181 e. The largest absolute Gasteiger partial charge is 0.232 e. The summed E-state index contributed by atoms with van der Waals surface area (Å²) in [5.41, 5.74) is 6.71. The average Bonchev–Trinajstić information content (AvgIpc) is 3.30. The van der Waals surface area contributed by atoms with Gasteiger partial charge in [0.25, 0.3) is 0 Å². The second-order valence-electron chi connectivity index (χ2n) is 7.45. The summed E-state index contributed by atoms with van der Waals surface area (Å²) in [4.78, 5) is 9.78. The first-order valence-corrected chi connectivity index (χ1v) is 10.2. The molecule has 6 aromatic rings. The average molecular weight is 398 g/mol. The third-order valence-electron chi connectivity index (χ3n) is 5.43. The lowest BCUT2D eigenvalue weighted by Gasteiger charge is -2.07. The van der Waals surface area contributed by atoms with Crippen molar-refractivity contribution in [3.63, 3.8) is 0 Å². The Morgan fingerprint density at radius 1 is 0.516 bits per heavy atom. The van der Waals surface area contributed by atoms with Crippen molar-refractivity contribution < 1.29 is 0 Å². The van der Waals surface area contributed by atoms with E-state index in [4.69, 9.17) is 15.1 Å². The van der Waals surface area contributed by atoms with Crippen molar-refractivity contribution in [2.45, 2.75) is 0 Å². The van der Waals surface area contributed by atoms with Crippen molar-refractivity contribution in [2.75, 3.05) is 0 Å². The summed E-state index contributed by atoms with van der Waals surface area (Å²) in [6.45, 7) is 0. The molecular formula is C27H18N4. The van der Waals surface area contributed by atoms with E-state index >= 15 is 0 Å². The van der Waals surface area contributed by atoms with Gasteiger partial charge in [-0.15, -0.1) is 0 Å². The monoisotopic (exact) mass is 398 g/mol. The van der Waals surface area contributed by atoms with Gasteiger partial charge >= 0.3 is 0 Å². The van der Waals surface area contributed by atoms with Crippen molar-refractivity contribution in [3.8, 4) is 34.0 Å². The van der Waals surface area contributed by atoms with Gasteiger partial charge in [-0.3, -0.25) is 0 Å². The van der Waals surface area contributed by atoms with Gasteiger partial charge in [-0.25, -0.2) is 14.5 Å². The second-order valence-corrected chi connectivity index (χ2v) is 7.45. The number of pyridine rings is 1. The molecule has 0 aliphatic rings. The molecule has 146 valence electrons. The van der Waals surface area contributed by atoms with Crippen LogP contribution in [0.25, 0.3) is 50.5 Å². The molecule has 0 aliphatic heterocycles. The SMILES string of the molecule is c1ccc(-c2cc(-c3ccccc3)nc(-c3cc4ccc5ccccc5n4n3)n2)cc1. The minimum atomic E-state index is 0.619. The molecule has 0 radical (unpaired) electrons. The first-order chi connectivity index (χ1) is 15.3. The number of nitrogens with zero attached hydrogens (tertiary/aromatic N) is 4. The summed E-state index contributed by atoms with van der Waals surface area (Å²) >= 11 is 0. The second kappa shape index (κ2) is 7.18. The topological polar surface area (TPSA) is 43.1 Å². The van der Waals surface area contributed by atoms with E-state index in [0.717, 1.165) is 44.6 Å². The Morgan fingerprint density at radius 2 is 1.13 bits per heavy atom. The molecule has 31 heavy (non-hydrogen) atoms. The number of benzene rings is 3. The van der Waals surface area contributed by atoms with Gasteiger partial charge in [0.05, 0.1) is 22.4 Å². The Labute approximate surface area is 179 Å². The Bertz CT molecular complexity index is 1460. The van der Waals surface area contributed by atoms with Gasteiger partial charge in [-0.1, -0.05) is 84.9 Å². The molecule has 0 amide bonds. The maximum Gasteiger partial charge on any atom is 0.181 e. The minimum Gasteiger partial charge on any atom is -0.232 e. The zero-order valence-electron chi connectivity index (χ0n) is 16.7. The van der Waals surface area contributed by atoms with Crippen molar-refractivity contribution >= 4 is 16.4 Å². The lowest BCUT2D eigenvalue weighted by molar-refractivity contribution is 0.995. The first kappa shape index (κ1) is 17.5. The molecule has 0 aliphatic carbocycles. The van der Waals surface area contributed by atoms with E-state index in [-0.39, 0.29) is 0 Å². The van der Waals surface area contributed by atoms with Gasteiger partial charge in [0.2, 0.25) is 0 Å². The summed E-state index contributed by atoms with van der Waals surface area (Å²) < 4.78 is 1.96. The van der Waals surface area contributed by atoms with Gasteiger partial charge in [-0.2, -0.15) is 5.10 Å². The predicted octanol–water partition coefficient (Wildman–Crippen LogP) is 6.28. The van der Waals surface area contributed by atoms with Crippen molar-refractivity contribution in [1.82, 2.24) is 19.6 Å². The van der Waals surface area contributed by atoms with Crippen LogP contribution in [0.2, 0.25) is 0 Å². The molecule has 0 spiro atoms. The summed E-state index contributed by atoms with van der Waals surface area (Å²) in [6, 6.07) is 36.9. The summed E-state index contributed by atoms with van der Waals surface area (Å²) in [7, 11) is 0. The standard InChI is InChI=1S/C27H18N4/c1-3-9-19(10-4-1)23-18-24(20-11-5-2-6-12-20)29-27(28-23)25-17-22-16-15-21-13-7-8-14-26(21)31(22)30-25/h1-18H. The highest BCUT2D eigenvalue weighted by Gasteiger charge is 2.14. The molecule has 0 unspecified atom stereocenters.